The van der Waals surface area contributed by atoms with E-state index in [2.05, 4.69) is 64.2 Å². The molecule has 2 saturated carbocycles. The third-order valence-electron chi connectivity index (χ3n) is 5.63. The maximum atomic E-state index is 4.63. The van der Waals surface area contributed by atoms with E-state index in [4.69, 9.17) is 0 Å². The van der Waals surface area contributed by atoms with Gasteiger partial charge in [-0.15, -0.1) is 0 Å². The first-order chi connectivity index (χ1) is 9.87. The lowest BCUT2D eigenvalue weighted by molar-refractivity contribution is 0.155. The summed E-state index contributed by atoms with van der Waals surface area (Å²) < 4.78 is 0.936. The van der Waals surface area contributed by atoms with Gasteiger partial charge in [0.25, 0.3) is 0 Å². The molecule has 2 aliphatic rings. The minimum absolute atomic E-state index is 0.315. The molecule has 3 atom stereocenters. The van der Waals surface area contributed by atoms with Crippen molar-refractivity contribution in [3.05, 3.63) is 10.7 Å². The van der Waals surface area contributed by atoms with Crippen molar-refractivity contribution in [2.75, 3.05) is 17.2 Å². The van der Waals surface area contributed by atoms with E-state index in [1.807, 2.05) is 6.20 Å². The molecule has 2 fully saturated rings. The highest BCUT2D eigenvalue weighted by Gasteiger charge is 2.59. The molecule has 0 spiro atoms. The van der Waals surface area contributed by atoms with Crippen LogP contribution in [0.15, 0.2) is 10.7 Å². The Bertz CT molecular complexity index is 540. The van der Waals surface area contributed by atoms with Crippen LogP contribution in [0.1, 0.15) is 47.0 Å². The van der Waals surface area contributed by atoms with Gasteiger partial charge in [-0.25, -0.2) is 4.98 Å². The van der Waals surface area contributed by atoms with Gasteiger partial charge in [-0.2, -0.15) is 4.98 Å². The molecule has 0 radical (unpaired) electrons. The lowest BCUT2D eigenvalue weighted by Crippen LogP contribution is -2.46. The van der Waals surface area contributed by atoms with Crippen LogP contribution in [0.4, 0.5) is 11.8 Å². The number of nitrogens with zero attached hydrogens (tertiary/aromatic N) is 2. The molecule has 2 aliphatic carbocycles. The molecule has 1 aromatic heterocycles. The first kappa shape index (κ1) is 15.1. The summed E-state index contributed by atoms with van der Waals surface area (Å²) in [5, 5.41) is 6.91. The third-order valence-corrected chi connectivity index (χ3v) is 6.21. The van der Waals surface area contributed by atoms with E-state index in [1.54, 1.807) is 0 Å². The maximum Gasteiger partial charge on any atom is 0.224 e. The van der Waals surface area contributed by atoms with Crippen LogP contribution in [-0.4, -0.2) is 22.6 Å². The number of fused-ring (bicyclic) bond motifs is 2. The van der Waals surface area contributed by atoms with Gasteiger partial charge in [0.05, 0.1) is 4.47 Å². The van der Waals surface area contributed by atoms with Crippen LogP contribution >= 0.6 is 15.9 Å². The lowest BCUT2D eigenvalue weighted by atomic mass is 9.68. The molecule has 2 N–H and O–H groups in total. The van der Waals surface area contributed by atoms with Crippen molar-refractivity contribution in [3.63, 3.8) is 0 Å². The first-order valence-electron chi connectivity index (χ1n) is 7.90. The summed E-state index contributed by atoms with van der Waals surface area (Å²) in [5.74, 6) is 2.43. The summed E-state index contributed by atoms with van der Waals surface area (Å²) in [6.07, 6.45) is 5.85. The van der Waals surface area contributed by atoms with Crippen LogP contribution in [0.25, 0.3) is 0 Å². The fourth-order valence-electron chi connectivity index (χ4n) is 4.51. The van der Waals surface area contributed by atoms with E-state index >= 15 is 0 Å². The Labute approximate surface area is 135 Å². The van der Waals surface area contributed by atoms with Gasteiger partial charge in [0.15, 0.2) is 0 Å². The van der Waals surface area contributed by atoms with E-state index in [-0.39, 0.29) is 0 Å². The number of halogens is 1. The number of nitrogens with one attached hydrogen (secondary N) is 2. The zero-order chi connectivity index (χ0) is 15.3. The fourth-order valence-corrected chi connectivity index (χ4v) is 4.82. The van der Waals surface area contributed by atoms with E-state index in [0.717, 1.165) is 22.8 Å². The van der Waals surface area contributed by atoms with E-state index in [9.17, 15) is 0 Å². The molecule has 0 amide bonds. The lowest BCUT2D eigenvalue weighted by Gasteiger charge is -2.43. The Morgan fingerprint density at radius 2 is 2.14 bits per heavy atom. The van der Waals surface area contributed by atoms with E-state index < -0.39 is 0 Å². The smallest absolute Gasteiger partial charge is 0.224 e. The number of hydrogen-bond acceptors (Lipinski definition) is 4. The number of rotatable bonds is 4. The van der Waals surface area contributed by atoms with Gasteiger partial charge >= 0.3 is 0 Å². The molecule has 0 saturated heterocycles. The van der Waals surface area contributed by atoms with Crippen molar-refractivity contribution in [1.82, 2.24) is 9.97 Å². The van der Waals surface area contributed by atoms with Crippen molar-refractivity contribution in [1.29, 1.82) is 0 Å². The average Bonchev–Trinajstić information content (AvgIpc) is 2.89. The molecule has 2 bridgehead atoms. The summed E-state index contributed by atoms with van der Waals surface area (Å²) in [6, 6.07) is 0.462. The molecule has 0 aliphatic heterocycles. The molecular formula is C16H25BrN4. The highest BCUT2D eigenvalue weighted by atomic mass is 79.9. The number of aromatic nitrogens is 2. The fraction of sp³-hybridized carbons (Fsp3) is 0.750. The average molecular weight is 353 g/mol. The van der Waals surface area contributed by atoms with Crippen LogP contribution in [0.2, 0.25) is 0 Å². The van der Waals surface area contributed by atoms with Crippen molar-refractivity contribution in [2.24, 2.45) is 16.7 Å². The van der Waals surface area contributed by atoms with Gasteiger partial charge in [0, 0.05) is 18.8 Å². The molecule has 1 heterocycles. The maximum absolute atomic E-state index is 4.63. The topological polar surface area (TPSA) is 49.8 Å². The molecule has 3 rings (SSSR count). The Kier molecular flexibility index (Phi) is 3.67. The van der Waals surface area contributed by atoms with Gasteiger partial charge in [-0.3, -0.25) is 0 Å². The second kappa shape index (κ2) is 5.11. The number of hydrogen-bond donors (Lipinski definition) is 2. The quantitative estimate of drug-likeness (QED) is 0.848. The molecule has 4 nitrogen and oxygen atoms in total. The van der Waals surface area contributed by atoms with Gasteiger partial charge in [0.1, 0.15) is 5.82 Å². The Hall–Kier alpha value is -0.840. The molecule has 1 aromatic rings. The van der Waals surface area contributed by atoms with E-state index in [1.165, 1.54) is 19.3 Å². The summed E-state index contributed by atoms with van der Waals surface area (Å²) >= 11 is 3.58. The Morgan fingerprint density at radius 3 is 2.76 bits per heavy atom. The van der Waals surface area contributed by atoms with Crippen molar-refractivity contribution >= 4 is 27.7 Å². The predicted molar refractivity (Wildman–Crippen MR) is 90.5 cm³/mol. The summed E-state index contributed by atoms with van der Waals surface area (Å²) in [7, 11) is 0. The van der Waals surface area contributed by atoms with Crippen LogP contribution in [-0.2, 0) is 0 Å². The predicted octanol–water partition coefficient (Wildman–Crippen LogP) is 4.30. The Balaban J connectivity index is 1.88. The van der Waals surface area contributed by atoms with Crippen LogP contribution in [0.3, 0.4) is 0 Å². The largest absolute Gasteiger partial charge is 0.365 e. The second-order valence-electron chi connectivity index (χ2n) is 7.41. The summed E-state index contributed by atoms with van der Waals surface area (Å²) in [6.45, 7) is 10.1. The zero-order valence-corrected chi connectivity index (χ0v) is 14.9. The minimum Gasteiger partial charge on any atom is -0.365 e. The van der Waals surface area contributed by atoms with Gasteiger partial charge in [-0.05, 0) is 58.9 Å². The SMILES string of the molecule is CCNc1ncc(Br)c(NC2C3(C)CCC(C3)C2(C)C)n1. The molecule has 5 heteroatoms. The van der Waals surface area contributed by atoms with Crippen LogP contribution in [0, 0.1) is 16.7 Å². The third kappa shape index (κ3) is 2.43. The minimum atomic E-state index is 0.315. The first-order valence-corrected chi connectivity index (χ1v) is 8.69. The summed E-state index contributed by atoms with van der Waals surface area (Å²) in [5.41, 5.74) is 0.701. The van der Waals surface area contributed by atoms with Crippen LogP contribution < -0.4 is 10.6 Å². The van der Waals surface area contributed by atoms with Crippen molar-refractivity contribution < 1.29 is 0 Å². The molecular weight excluding hydrogens is 328 g/mol. The Morgan fingerprint density at radius 1 is 1.38 bits per heavy atom. The standard InChI is InChI=1S/C16H25BrN4/c1-5-18-14-19-9-11(17)12(21-14)20-13-15(2,3)10-6-7-16(13,4)8-10/h9-10,13H,5-8H2,1-4H3,(H2,18,19,20,21). The van der Waals surface area contributed by atoms with Crippen molar-refractivity contribution in [2.45, 2.75) is 53.0 Å². The van der Waals surface area contributed by atoms with Gasteiger partial charge in [0.2, 0.25) is 5.95 Å². The molecule has 21 heavy (non-hydrogen) atoms. The molecule has 3 unspecified atom stereocenters. The normalized spacial score (nSPS) is 33.2. The highest BCUT2D eigenvalue weighted by molar-refractivity contribution is 9.10. The second-order valence-corrected chi connectivity index (χ2v) is 8.27. The highest BCUT2D eigenvalue weighted by Crippen LogP contribution is 2.63. The number of anilines is 2. The van der Waals surface area contributed by atoms with Gasteiger partial charge < -0.3 is 10.6 Å². The monoisotopic (exact) mass is 352 g/mol. The van der Waals surface area contributed by atoms with Crippen LogP contribution in [0.5, 0.6) is 0 Å². The zero-order valence-electron chi connectivity index (χ0n) is 13.3. The molecule has 116 valence electrons. The molecule has 0 aromatic carbocycles. The summed E-state index contributed by atoms with van der Waals surface area (Å²) in [4.78, 5) is 8.92. The van der Waals surface area contributed by atoms with Gasteiger partial charge in [-0.1, -0.05) is 20.8 Å². The van der Waals surface area contributed by atoms with E-state index in [0.29, 0.717) is 22.8 Å². The van der Waals surface area contributed by atoms with Crippen molar-refractivity contribution in [3.8, 4) is 0 Å².